The molecule has 126 valence electrons. The zero-order valence-electron chi connectivity index (χ0n) is 13.4. The van der Waals surface area contributed by atoms with Crippen LogP contribution in [0.3, 0.4) is 0 Å². The van der Waals surface area contributed by atoms with Gasteiger partial charge in [0, 0.05) is 18.1 Å². The molecule has 2 aromatic rings. The molecule has 0 heterocycles. The van der Waals surface area contributed by atoms with Crippen LogP contribution in [-0.2, 0) is 16.1 Å². The molecule has 0 aliphatic rings. The molecule has 2 aromatic carbocycles. The first kappa shape index (κ1) is 18.1. The molecule has 0 bridgehead atoms. The lowest BCUT2D eigenvalue weighted by molar-refractivity contribution is -0.133. The second-order valence-corrected chi connectivity index (χ2v) is 6.29. The van der Waals surface area contributed by atoms with Crippen molar-refractivity contribution in [2.45, 2.75) is 13.5 Å². The van der Waals surface area contributed by atoms with E-state index >= 15 is 0 Å². The van der Waals surface area contributed by atoms with Crippen molar-refractivity contribution in [2.75, 3.05) is 13.7 Å². The summed E-state index contributed by atoms with van der Waals surface area (Å²) in [5, 5.41) is 0. The smallest absolute Gasteiger partial charge is 0.341 e. The zero-order chi connectivity index (χ0) is 17.7. The molecule has 0 N–H and O–H groups in total. The van der Waals surface area contributed by atoms with Crippen molar-refractivity contribution < 1.29 is 18.7 Å². The van der Waals surface area contributed by atoms with Crippen molar-refractivity contribution in [1.29, 1.82) is 0 Å². The maximum atomic E-state index is 13.6. The maximum Gasteiger partial charge on any atom is 0.341 e. The molecule has 0 aromatic heterocycles. The number of aryl methyl sites for hydroxylation is 1. The number of esters is 1. The highest BCUT2D eigenvalue weighted by atomic mass is 79.9. The summed E-state index contributed by atoms with van der Waals surface area (Å²) in [7, 11) is 1.63. The number of benzene rings is 2. The summed E-state index contributed by atoms with van der Waals surface area (Å²) < 4.78 is 19.1. The molecule has 1 amide bonds. The van der Waals surface area contributed by atoms with Gasteiger partial charge in [0.1, 0.15) is 5.82 Å². The predicted octanol–water partition coefficient (Wildman–Crippen LogP) is 3.71. The van der Waals surface area contributed by atoms with Crippen LogP contribution in [0.4, 0.5) is 4.39 Å². The lowest BCUT2D eigenvalue weighted by Gasteiger charge is -2.18. The van der Waals surface area contributed by atoms with E-state index in [1.165, 1.54) is 17.0 Å². The van der Waals surface area contributed by atoms with Crippen LogP contribution in [0.2, 0.25) is 0 Å². The number of carbonyl (C=O) groups excluding carboxylic acids is 2. The number of nitrogens with zero attached hydrogens (tertiary/aromatic N) is 1. The van der Waals surface area contributed by atoms with Gasteiger partial charge in [-0.1, -0.05) is 40.2 Å². The Morgan fingerprint density at radius 3 is 2.62 bits per heavy atom. The van der Waals surface area contributed by atoms with Gasteiger partial charge in [0.25, 0.3) is 5.91 Å². The summed E-state index contributed by atoms with van der Waals surface area (Å²) in [4.78, 5) is 25.5. The molecule has 2 rings (SSSR count). The molecule has 0 aliphatic heterocycles. The number of hydrogen-bond acceptors (Lipinski definition) is 3. The molecule has 0 unspecified atom stereocenters. The van der Waals surface area contributed by atoms with Crippen LogP contribution in [0.1, 0.15) is 21.5 Å². The van der Waals surface area contributed by atoms with E-state index in [0.717, 1.165) is 17.2 Å². The fourth-order valence-electron chi connectivity index (χ4n) is 2.10. The van der Waals surface area contributed by atoms with Gasteiger partial charge in [0.2, 0.25) is 0 Å². The van der Waals surface area contributed by atoms with Crippen molar-refractivity contribution in [1.82, 2.24) is 4.90 Å². The second kappa shape index (κ2) is 8.06. The number of hydrogen-bond donors (Lipinski definition) is 0. The van der Waals surface area contributed by atoms with Gasteiger partial charge in [-0.05, 0) is 36.2 Å². The SMILES string of the molecule is Cc1ccccc1CN(C)C(=O)COC(=O)c1cc(Br)ccc1F. The number of amides is 1. The zero-order valence-corrected chi connectivity index (χ0v) is 15.0. The van der Waals surface area contributed by atoms with Gasteiger partial charge in [-0.15, -0.1) is 0 Å². The third kappa shape index (κ3) is 4.64. The highest BCUT2D eigenvalue weighted by Crippen LogP contribution is 2.16. The van der Waals surface area contributed by atoms with E-state index in [-0.39, 0.29) is 11.5 Å². The molecular weight excluding hydrogens is 377 g/mol. The fourth-order valence-corrected chi connectivity index (χ4v) is 2.46. The van der Waals surface area contributed by atoms with Gasteiger partial charge in [-0.3, -0.25) is 4.79 Å². The van der Waals surface area contributed by atoms with Crippen LogP contribution in [0.15, 0.2) is 46.9 Å². The maximum absolute atomic E-state index is 13.6. The Labute approximate surface area is 148 Å². The van der Waals surface area contributed by atoms with E-state index in [0.29, 0.717) is 11.0 Å². The quantitative estimate of drug-likeness (QED) is 0.727. The average Bonchev–Trinajstić information content (AvgIpc) is 2.56. The molecular formula is C18H17BrFNO3. The molecule has 0 fully saturated rings. The van der Waals surface area contributed by atoms with Crippen LogP contribution in [0.5, 0.6) is 0 Å². The van der Waals surface area contributed by atoms with Crippen LogP contribution >= 0.6 is 15.9 Å². The standard InChI is InChI=1S/C18H17BrFNO3/c1-12-5-3-4-6-13(12)10-21(2)17(22)11-24-18(23)15-9-14(19)7-8-16(15)20/h3-9H,10-11H2,1-2H3. The minimum absolute atomic E-state index is 0.210. The monoisotopic (exact) mass is 393 g/mol. The molecule has 0 atom stereocenters. The highest BCUT2D eigenvalue weighted by Gasteiger charge is 2.17. The van der Waals surface area contributed by atoms with Gasteiger partial charge in [0.15, 0.2) is 6.61 Å². The Morgan fingerprint density at radius 1 is 1.21 bits per heavy atom. The second-order valence-electron chi connectivity index (χ2n) is 5.38. The lowest BCUT2D eigenvalue weighted by Crippen LogP contribution is -2.31. The van der Waals surface area contributed by atoms with E-state index in [1.807, 2.05) is 31.2 Å². The minimum atomic E-state index is -0.869. The average molecular weight is 394 g/mol. The van der Waals surface area contributed by atoms with Crippen molar-refractivity contribution in [2.24, 2.45) is 0 Å². The number of likely N-dealkylation sites (N-methyl/N-ethyl adjacent to an activating group) is 1. The normalized spacial score (nSPS) is 10.3. The lowest BCUT2D eigenvalue weighted by atomic mass is 10.1. The van der Waals surface area contributed by atoms with Crippen molar-refractivity contribution in [3.8, 4) is 0 Å². The van der Waals surface area contributed by atoms with Crippen molar-refractivity contribution in [3.63, 3.8) is 0 Å². The Bertz CT molecular complexity index is 764. The van der Waals surface area contributed by atoms with E-state index in [9.17, 15) is 14.0 Å². The van der Waals surface area contributed by atoms with E-state index in [2.05, 4.69) is 15.9 Å². The van der Waals surface area contributed by atoms with E-state index < -0.39 is 18.4 Å². The number of halogens is 2. The first-order chi connectivity index (χ1) is 11.4. The van der Waals surface area contributed by atoms with Crippen molar-refractivity contribution in [3.05, 3.63) is 69.4 Å². The minimum Gasteiger partial charge on any atom is -0.452 e. The van der Waals surface area contributed by atoms with Crippen LogP contribution < -0.4 is 0 Å². The summed E-state index contributed by atoms with van der Waals surface area (Å²) in [6, 6.07) is 11.7. The molecule has 0 saturated carbocycles. The van der Waals surface area contributed by atoms with E-state index in [4.69, 9.17) is 4.74 Å². The highest BCUT2D eigenvalue weighted by molar-refractivity contribution is 9.10. The Balaban J connectivity index is 1.93. The van der Waals surface area contributed by atoms with Gasteiger partial charge < -0.3 is 9.64 Å². The molecule has 4 nitrogen and oxygen atoms in total. The molecule has 0 saturated heterocycles. The molecule has 0 radical (unpaired) electrons. The summed E-state index contributed by atoms with van der Waals surface area (Å²) in [6.07, 6.45) is 0. The van der Waals surface area contributed by atoms with Gasteiger partial charge >= 0.3 is 5.97 Å². The summed E-state index contributed by atoms with van der Waals surface area (Å²) in [5.74, 6) is -1.92. The van der Waals surface area contributed by atoms with Crippen LogP contribution in [0, 0.1) is 12.7 Å². The fraction of sp³-hybridized carbons (Fsp3) is 0.222. The third-order valence-electron chi connectivity index (χ3n) is 3.57. The first-order valence-corrected chi connectivity index (χ1v) is 8.08. The van der Waals surface area contributed by atoms with Gasteiger partial charge in [-0.25, -0.2) is 9.18 Å². The largest absolute Gasteiger partial charge is 0.452 e. The topological polar surface area (TPSA) is 46.6 Å². The van der Waals surface area contributed by atoms with Gasteiger partial charge in [0.05, 0.1) is 5.56 Å². The summed E-state index contributed by atoms with van der Waals surface area (Å²) >= 11 is 3.16. The molecule has 24 heavy (non-hydrogen) atoms. The Kier molecular flexibility index (Phi) is 6.09. The Morgan fingerprint density at radius 2 is 1.92 bits per heavy atom. The summed E-state index contributed by atoms with van der Waals surface area (Å²) in [6.45, 7) is 1.94. The van der Waals surface area contributed by atoms with E-state index in [1.54, 1.807) is 7.05 Å². The number of ether oxygens (including phenoxy) is 1. The number of carbonyl (C=O) groups is 2. The summed E-state index contributed by atoms with van der Waals surface area (Å²) in [5.41, 5.74) is 1.88. The van der Waals surface area contributed by atoms with Crippen LogP contribution in [0.25, 0.3) is 0 Å². The molecule has 0 spiro atoms. The van der Waals surface area contributed by atoms with Crippen LogP contribution in [-0.4, -0.2) is 30.4 Å². The molecule has 6 heteroatoms. The first-order valence-electron chi connectivity index (χ1n) is 7.29. The molecule has 0 aliphatic carbocycles. The third-order valence-corrected chi connectivity index (χ3v) is 4.06. The predicted molar refractivity (Wildman–Crippen MR) is 92.0 cm³/mol. The Hall–Kier alpha value is -2.21. The van der Waals surface area contributed by atoms with Crippen molar-refractivity contribution >= 4 is 27.8 Å². The number of rotatable bonds is 5. The van der Waals surface area contributed by atoms with Gasteiger partial charge in [-0.2, -0.15) is 0 Å².